The lowest BCUT2D eigenvalue weighted by molar-refractivity contribution is 0.0728. The number of rotatable bonds is 3. The van der Waals surface area contributed by atoms with Crippen molar-refractivity contribution in [2.75, 3.05) is 13.7 Å². The molecule has 0 saturated heterocycles. The van der Waals surface area contributed by atoms with Crippen molar-refractivity contribution in [1.29, 1.82) is 0 Å². The minimum absolute atomic E-state index is 0.0123. The molecule has 5 nitrogen and oxygen atoms in total. The Morgan fingerprint density at radius 1 is 1.12 bits per heavy atom. The summed E-state index contributed by atoms with van der Waals surface area (Å²) < 4.78 is 5.17. The number of nitrogens with zero attached hydrogens (tertiary/aromatic N) is 2. The lowest BCUT2D eigenvalue weighted by Crippen LogP contribution is -2.36. The third-order valence-electron chi connectivity index (χ3n) is 4.61. The fourth-order valence-corrected chi connectivity index (χ4v) is 3.18. The molecule has 0 fully saturated rings. The van der Waals surface area contributed by atoms with Crippen LogP contribution in [0.15, 0.2) is 54.6 Å². The Balaban J connectivity index is 1.53. The van der Waals surface area contributed by atoms with Crippen LogP contribution in [0.2, 0.25) is 0 Å². The summed E-state index contributed by atoms with van der Waals surface area (Å²) in [6.45, 7) is 1.37. The largest absolute Gasteiger partial charge is 0.497 e. The van der Waals surface area contributed by atoms with E-state index in [1.807, 2.05) is 47.4 Å². The van der Waals surface area contributed by atoms with Gasteiger partial charge in [0, 0.05) is 18.7 Å². The van der Waals surface area contributed by atoms with Gasteiger partial charge in [-0.05, 0) is 47.9 Å². The number of aromatic nitrogens is 2. The van der Waals surface area contributed by atoms with Crippen molar-refractivity contribution in [3.8, 4) is 17.0 Å². The second-order valence-electron chi connectivity index (χ2n) is 6.14. The van der Waals surface area contributed by atoms with Gasteiger partial charge in [0.2, 0.25) is 0 Å². The second kappa shape index (κ2) is 6.43. The highest BCUT2D eigenvalue weighted by atomic mass is 16.5. The van der Waals surface area contributed by atoms with Crippen LogP contribution in [-0.2, 0) is 13.0 Å². The van der Waals surface area contributed by atoms with E-state index in [2.05, 4.69) is 22.3 Å². The quantitative estimate of drug-likeness (QED) is 0.800. The third kappa shape index (κ3) is 3.01. The van der Waals surface area contributed by atoms with E-state index in [9.17, 15) is 4.79 Å². The molecule has 1 aliphatic heterocycles. The van der Waals surface area contributed by atoms with E-state index in [-0.39, 0.29) is 5.91 Å². The number of amides is 1. The van der Waals surface area contributed by atoms with Gasteiger partial charge in [0.1, 0.15) is 11.4 Å². The highest BCUT2D eigenvalue weighted by Gasteiger charge is 2.23. The van der Waals surface area contributed by atoms with Crippen LogP contribution in [0.5, 0.6) is 5.75 Å². The zero-order chi connectivity index (χ0) is 17.2. The third-order valence-corrected chi connectivity index (χ3v) is 4.61. The Morgan fingerprint density at radius 3 is 2.64 bits per heavy atom. The van der Waals surface area contributed by atoms with Crippen molar-refractivity contribution in [2.45, 2.75) is 13.0 Å². The molecule has 0 unspecified atom stereocenters. The van der Waals surface area contributed by atoms with E-state index in [0.29, 0.717) is 12.2 Å². The van der Waals surface area contributed by atoms with Crippen molar-refractivity contribution in [3.63, 3.8) is 0 Å². The van der Waals surface area contributed by atoms with Crippen molar-refractivity contribution in [2.24, 2.45) is 0 Å². The molecule has 1 N–H and O–H groups in total. The Morgan fingerprint density at radius 2 is 1.88 bits per heavy atom. The molecule has 126 valence electrons. The molecule has 0 spiro atoms. The topological polar surface area (TPSA) is 58.2 Å². The van der Waals surface area contributed by atoms with Crippen molar-refractivity contribution in [3.05, 3.63) is 71.4 Å². The molecular weight excluding hydrogens is 314 g/mol. The molecular formula is C20H19N3O2. The predicted molar refractivity (Wildman–Crippen MR) is 95.5 cm³/mol. The molecule has 2 heterocycles. The fourth-order valence-electron chi connectivity index (χ4n) is 3.18. The monoisotopic (exact) mass is 333 g/mol. The van der Waals surface area contributed by atoms with Gasteiger partial charge in [-0.25, -0.2) is 0 Å². The van der Waals surface area contributed by atoms with Gasteiger partial charge in [0.25, 0.3) is 5.91 Å². The second-order valence-corrected chi connectivity index (χ2v) is 6.14. The fraction of sp³-hybridized carbons (Fsp3) is 0.200. The highest BCUT2D eigenvalue weighted by Crippen LogP contribution is 2.23. The molecule has 1 aromatic heterocycles. The van der Waals surface area contributed by atoms with Gasteiger partial charge >= 0.3 is 0 Å². The summed E-state index contributed by atoms with van der Waals surface area (Å²) in [6.07, 6.45) is 0.890. The number of hydrogen-bond donors (Lipinski definition) is 1. The molecule has 25 heavy (non-hydrogen) atoms. The predicted octanol–water partition coefficient (Wildman–Crippen LogP) is 3.28. The number of H-pyrrole nitrogens is 1. The van der Waals surface area contributed by atoms with Gasteiger partial charge < -0.3 is 9.64 Å². The number of benzene rings is 2. The van der Waals surface area contributed by atoms with Gasteiger partial charge in [-0.15, -0.1) is 0 Å². The summed E-state index contributed by atoms with van der Waals surface area (Å²) in [5.74, 6) is 0.782. The molecule has 0 aliphatic carbocycles. The van der Waals surface area contributed by atoms with Crippen molar-refractivity contribution in [1.82, 2.24) is 15.1 Å². The van der Waals surface area contributed by atoms with Gasteiger partial charge in [0.15, 0.2) is 0 Å². The molecule has 0 atom stereocenters. The lowest BCUT2D eigenvalue weighted by atomic mass is 10.00. The summed E-state index contributed by atoms with van der Waals surface area (Å²) in [5.41, 5.74) is 4.76. The zero-order valence-corrected chi connectivity index (χ0v) is 14.0. The number of aromatic amines is 1. The molecule has 0 bridgehead atoms. The first-order valence-electron chi connectivity index (χ1n) is 8.30. The number of methoxy groups -OCH3 is 1. The summed E-state index contributed by atoms with van der Waals surface area (Å²) >= 11 is 0. The highest BCUT2D eigenvalue weighted by molar-refractivity contribution is 5.93. The van der Waals surface area contributed by atoms with Crippen LogP contribution >= 0.6 is 0 Å². The maximum atomic E-state index is 12.8. The molecule has 1 aliphatic rings. The Bertz CT molecular complexity index is 899. The molecule has 4 rings (SSSR count). The minimum Gasteiger partial charge on any atom is -0.497 e. The van der Waals surface area contributed by atoms with Crippen LogP contribution in [0.1, 0.15) is 21.6 Å². The van der Waals surface area contributed by atoms with E-state index >= 15 is 0 Å². The van der Waals surface area contributed by atoms with E-state index in [1.165, 1.54) is 11.1 Å². The van der Waals surface area contributed by atoms with Crippen molar-refractivity contribution < 1.29 is 9.53 Å². The maximum Gasteiger partial charge on any atom is 0.272 e. The van der Waals surface area contributed by atoms with E-state index in [4.69, 9.17) is 4.74 Å². The van der Waals surface area contributed by atoms with Crippen LogP contribution in [0.25, 0.3) is 11.3 Å². The van der Waals surface area contributed by atoms with E-state index < -0.39 is 0 Å². The summed E-state index contributed by atoms with van der Waals surface area (Å²) in [4.78, 5) is 14.7. The molecule has 0 radical (unpaired) electrons. The van der Waals surface area contributed by atoms with E-state index in [1.54, 1.807) is 7.11 Å². The smallest absolute Gasteiger partial charge is 0.272 e. The first-order valence-corrected chi connectivity index (χ1v) is 8.30. The number of ether oxygens (including phenoxy) is 1. The normalized spacial score (nSPS) is 13.4. The standard InChI is InChI=1S/C20H19N3O2/c1-25-17-8-6-15(7-9-17)18-12-19(22-21-18)20(24)23-11-10-14-4-2-3-5-16(14)13-23/h2-9,12H,10-11,13H2,1H3,(H,21,22). The van der Waals surface area contributed by atoms with Gasteiger partial charge in [-0.2, -0.15) is 5.10 Å². The molecule has 1 amide bonds. The van der Waals surface area contributed by atoms with Gasteiger partial charge in [0.05, 0.1) is 12.8 Å². The maximum absolute atomic E-state index is 12.8. The zero-order valence-electron chi connectivity index (χ0n) is 14.0. The van der Waals surface area contributed by atoms with Gasteiger partial charge in [-0.3, -0.25) is 9.89 Å². The SMILES string of the molecule is COc1ccc(-c2cc(C(=O)N3CCc4ccccc4C3)[nH]n2)cc1. The number of hydrogen-bond acceptors (Lipinski definition) is 3. The Hall–Kier alpha value is -3.08. The first kappa shape index (κ1) is 15.4. The van der Waals surface area contributed by atoms with Crippen LogP contribution in [0.4, 0.5) is 0 Å². The number of carbonyl (C=O) groups excluding carboxylic acids is 1. The minimum atomic E-state index is -0.0123. The molecule has 5 heteroatoms. The Labute approximate surface area is 146 Å². The molecule has 3 aromatic rings. The van der Waals surface area contributed by atoms with Crippen molar-refractivity contribution >= 4 is 5.91 Å². The summed E-state index contributed by atoms with van der Waals surface area (Å²) in [5, 5.41) is 7.17. The lowest BCUT2D eigenvalue weighted by Gasteiger charge is -2.28. The number of carbonyl (C=O) groups is 1. The van der Waals surface area contributed by atoms with Crippen LogP contribution in [0, 0.1) is 0 Å². The number of fused-ring (bicyclic) bond motifs is 1. The molecule has 0 saturated carbocycles. The summed E-state index contributed by atoms with van der Waals surface area (Å²) in [6, 6.07) is 17.7. The summed E-state index contributed by atoms with van der Waals surface area (Å²) in [7, 11) is 1.64. The Kier molecular flexibility index (Phi) is 3.98. The average Bonchev–Trinajstić information content (AvgIpc) is 3.17. The number of nitrogens with one attached hydrogen (secondary N) is 1. The van der Waals surface area contributed by atoms with E-state index in [0.717, 1.165) is 30.0 Å². The van der Waals surface area contributed by atoms with Crippen LogP contribution in [0.3, 0.4) is 0 Å². The van der Waals surface area contributed by atoms with Gasteiger partial charge in [-0.1, -0.05) is 24.3 Å². The molecule has 2 aromatic carbocycles. The van der Waals surface area contributed by atoms with Crippen LogP contribution < -0.4 is 4.74 Å². The van der Waals surface area contributed by atoms with Crippen LogP contribution in [-0.4, -0.2) is 34.7 Å². The average molecular weight is 333 g/mol. The first-order chi connectivity index (χ1) is 12.2.